The highest BCUT2D eigenvalue weighted by atomic mass is 79.9. The molecule has 0 aliphatic carbocycles. The Bertz CT molecular complexity index is 1290. The molecule has 4 aromatic rings. The molecule has 1 aliphatic rings. The van der Waals surface area contributed by atoms with Crippen LogP contribution in [0.25, 0.3) is 10.4 Å². The lowest BCUT2D eigenvalue weighted by molar-refractivity contribution is 0.311. The number of para-hydroxylation sites is 1. The van der Waals surface area contributed by atoms with Crippen molar-refractivity contribution in [3.8, 4) is 16.2 Å². The summed E-state index contributed by atoms with van der Waals surface area (Å²) in [7, 11) is 3.78. The normalized spacial score (nSPS) is 14.1. The minimum atomic E-state index is 0.448. The van der Waals surface area contributed by atoms with Gasteiger partial charge in [-0.15, -0.1) is 0 Å². The predicted octanol–water partition coefficient (Wildman–Crippen LogP) is 5.01. The summed E-state index contributed by atoms with van der Waals surface area (Å²) < 4.78 is 6.23. The second kappa shape index (κ2) is 10.5. The van der Waals surface area contributed by atoms with Crippen molar-refractivity contribution < 1.29 is 4.74 Å². The fourth-order valence-corrected chi connectivity index (χ4v) is 5.00. The number of nitrogens with zero attached hydrogens (tertiary/aromatic N) is 6. The molecule has 35 heavy (non-hydrogen) atoms. The lowest BCUT2D eigenvalue weighted by Gasteiger charge is -2.32. The van der Waals surface area contributed by atoms with Crippen LogP contribution in [0.3, 0.4) is 0 Å². The molecule has 0 bridgehead atoms. The summed E-state index contributed by atoms with van der Waals surface area (Å²) in [6.07, 6.45) is 1.84. The zero-order valence-corrected chi connectivity index (χ0v) is 21.8. The number of aromatic nitrogens is 4. The van der Waals surface area contributed by atoms with E-state index < -0.39 is 0 Å². The highest BCUT2D eigenvalue weighted by Crippen LogP contribution is 2.35. The Balaban J connectivity index is 1.41. The Hall–Kier alpha value is -3.28. The molecular formula is C24H25BrN8OS. The van der Waals surface area contributed by atoms with Crippen LogP contribution in [0, 0.1) is 0 Å². The monoisotopic (exact) mass is 552 g/mol. The summed E-state index contributed by atoms with van der Waals surface area (Å²) >= 11 is 5.08. The van der Waals surface area contributed by atoms with Crippen LogP contribution in [-0.4, -0.2) is 65.2 Å². The minimum Gasteiger partial charge on any atom is -0.496 e. The first-order valence-corrected chi connectivity index (χ1v) is 12.8. The molecule has 2 aromatic heterocycles. The zero-order valence-electron chi connectivity index (χ0n) is 19.4. The van der Waals surface area contributed by atoms with E-state index >= 15 is 0 Å². The standard InChI is InChI=1S/C24H25BrN8OS/c1-32-10-12-33(13-11-32)23-29-21(27-17-6-4-3-5-7-17)28-22(30-23)31-24-26-15-20(35-24)16-8-9-19(34-2)18(25)14-16/h3-9,14-15H,10-13H2,1-2H3,(H2,26,27,28,29,30,31). The van der Waals surface area contributed by atoms with Gasteiger partial charge in [0.15, 0.2) is 5.13 Å². The van der Waals surface area contributed by atoms with Crippen molar-refractivity contribution in [2.45, 2.75) is 0 Å². The Labute approximate surface area is 216 Å². The smallest absolute Gasteiger partial charge is 0.235 e. The summed E-state index contributed by atoms with van der Waals surface area (Å²) in [6.45, 7) is 3.64. The van der Waals surface area contributed by atoms with Crippen molar-refractivity contribution in [1.82, 2.24) is 24.8 Å². The van der Waals surface area contributed by atoms with E-state index in [1.165, 1.54) is 11.3 Å². The third-order valence-electron chi connectivity index (χ3n) is 5.60. The van der Waals surface area contributed by atoms with Crippen LogP contribution in [0.4, 0.5) is 28.7 Å². The summed E-state index contributed by atoms with van der Waals surface area (Å²) in [5.41, 5.74) is 1.96. The lowest BCUT2D eigenvalue weighted by atomic mass is 10.2. The first-order valence-electron chi connectivity index (χ1n) is 11.2. The molecule has 0 amide bonds. The molecule has 0 atom stereocenters. The Morgan fingerprint density at radius 2 is 1.69 bits per heavy atom. The molecule has 11 heteroatoms. The van der Waals surface area contributed by atoms with Gasteiger partial charge in [-0.2, -0.15) is 15.0 Å². The van der Waals surface area contributed by atoms with Crippen LogP contribution in [0.1, 0.15) is 0 Å². The number of benzene rings is 2. The van der Waals surface area contributed by atoms with E-state index in [1.807, 2.05) is 54.7 Å². The van der Waals surface area contributed by atoms with Gasteiger partial charge in [-0.3, -0.25) is 5.32 Å². The predicted molar refractivity (Wildman–Crippen MR) is 144 cm³/mol. The molecule has 9 nitrogen and oxygen atoms in total. The van der Waals surface area contributed by atoms with Crippen molar-refractivity contribution in [3.05, 3.63) is 59.2 Å². The van der Waals surface area contributed by atoms with Crippen molar-refractivity contribution in [2.24, 2.45) is 0 Å². The molecule has 1 aliphatic heterocycles. The molecule has 0 spiro atoms. The third kappa shape index (κ3) is 5.69. The molecule has 0 unspecified atom stereocenters. The fraction of sp³-hybridized carbons (Fsp3) is 0.250. The number of thiazole rings is 1. The third-order valence-corrected chi connectivity index (χ3v) is 7.18. The second-order valence-electron chi connectivity index (χ2n) is 8.07. The SMILES string of the molecule is COc1ccc(-c2cnc(Nc3nc(Nc4ccccc4)nc(N4CCN(C)CC4)n3)s2)cc1Br. The van der Waals surface area contributed by atoms with Crippen LogP contribution >= 0.6 is 27.3 Å². The van der Waals surface area contributed by atoms with E-state index in [0.29, 0.717) is 23.0 Å². The average molecular weight is 553 g/mol. The molecule has 0 radical (unpaired) electrons. The maximum atomic E-state index is 5.33. The molecule has 180 valence electrons. The number of nitrogens with one attached hydrogen (secondary N) is 2. The van der Waals surface area contributed by atoms with Gasteiger partial charge < -0.3 is 19.9 Å². The summed E-state index contributed by atoms with van der Waals surface area (Å²) in [6, 6.07) is 15.8. The Morgan fingerprint density at radius 3 is 2.40 bits per heavy atom. The van der Waals surface area contributed by atoms with E-state index in [4.69, 9.17) is 14.7 Å². The number of halogens is 1. The summed E-state index contributed by atoms with van der Waals surface area (Å²) in [5.74, 6) is 2.37. The molecule has 0 saturated carbocycles. The van der Waals surface area contributed by atoms with E-state index in [9.17, 15) is 0 Å². The fourth-order valence-electron chi connectivity index (χ4n) is 3.66. The number of rotatable bonds is 7. The van der Waals surface area contributed by atoms with E-state index in [1.54, 1.807) is 7.11 Å². The van der Waals surface area contributed by atoms with Crippen molar-refractivity contribution in [3.63, 3.8) is 0 Å². The number of hydrogen-bond acceptors (Lipinski definition) is 10. The number of hydrogen-bond donors (Lipinski definition) is 2. The summed E-state index contributed by atoms with van der Waals surface area (Å²) in [4.78, 5) is 24.1. The number of anilines is 5. The van der Waals surface area contributed by atoms with Gasteiger partial charge in [0.25, 0.3) is 0 Å². The largest absolute Gasteiger partial charge is 0.496 e. The van der Waals surface area contributed by atoms with Gasteiger partial charge in [-0.05, 0) is 58.9 Å². The van der Waals surface area contributed by atoms with Gasteiger partial charge >= 0.3 is 0 Å². The summed E-state index contributed by atoms with van der Waals surface area (Å²) in [5, 5.41) is 7.27. The Kier molecular flexibility index (Phi) is 7.07. The molecule has 2 aromatic carbocycles. The van der Waals surface area contributed by atoms with Crippen LogP contribution in [0.15, 0.2) is 59.2 Å². The van der Waals surface area contributed by atoms with E-state index in [0.717, 1.165) is 52.5 Å². The minimum absolute atomic E-state index is 0.448. The zero-order chi connectivity index (χ0) is 24.2. The molecule has 3 heterocycles. The Morgan fingerprint density at radius 1 is 0.943 bits per heavy atom. The van der Waals surface area contributed by atoms with Gasteiger partial charge in [0, 0.05) is 38.1 Å². The van der Waals surface area contributed by atoms with E-state index in [2.05, 4.69) is 53.4 Å². The maximum absolute atomic E-state index is 5.33. The highest BCUT2D eigenvalue weighted by Gasteiger charge is 2.19. The number of piperazine rings is 1. The molecule has 2 N–H and O–H groups in total. The molecule has 1 fully saturated rings. The van der Waals surface area contributed by atoms with Crippen molar-refractivity contribution >= 4 is 55.9 Å². The van der Waals surface area contributed by atoms with Crippen LogP contribution in [0.2, 0.25) is 0 Å². The molecular weight excluding hydrogens is 528 g/mol. The number of likely N-dealkylation sites (N-methyl/N-ethyl adjacent to an activating group) is 1. The molecule has 5 rings (SSSR count). The van der Waals surface area contributed by atoms with Crippen LogP contribution in [-0.2, 0) is 0 Å². The van der Waals surface area contributed by atoms with Crippen molar-refractivity contribution in [1.29, 1.82) is 0 Å². The maximum Gasteiger partial charge on any atom is 0.235 e. The first-order chi connectivity index (χ1) is 17.1. The van der Waals surface area contributed by atoms with Crippen molar-refractivity contribution in [2.75, 3.05) is 55.9 Å². The lowest BCUT2D eigenvalue weighted by Crippen LogP contribution is -2.45. The van der Waals surface area contributed by atoms with Crippen LogP contribution in [0.5, 0.6) is 5.75 Å². The number of methoxy groups -OCH3 is 1. The van der Waals surface area contributed by atoms with E-state index in [-0.39, 0.29) is 0 Å². The average Bonchev–Trinajstić information content (AvgIpc) is 3.33. The first kappa shape index (κ1) is 23.5. The van der Waals surface area contributed by atoms with Gasteiger partial charge in [-0.25, -0.2) is 4.98 Å². The topological polar surface area (TPSA) is 91.3 Å². The van der Waals surface area contributed by atoms with Gasteiger partial charge in [0.2, 0.25) is 17.8 Å². The van der Waals surface area contributed by atoms with Gasteiger partial charge in [0.1, 0.15) is 5.75 Å². The van der Waals surface area contributed by atoms with Crippen LogP contribution < -0.4 is 20.3 Å². The van der Waals surface area contributed by atoms with Gasteiger partial charge in [-0.1, -0.05) is 29.5 Å². The number of ether oxygens (including phenoxy) is 1. The highest BCUT2D eigenvalue weighted by molar-refractivity contribution is 9.10. The molecule has 1 saturated heterocycles. The second-order valence-corrected chi connectivity index (χ2v) is 9.95. The quantitative estimate of drug-likeness (QED) is 0.328. The van der Waals surface area contributed by atoms with Gasteiger partial charge in [0.05, 0.1) is 16.5 Å².